The van der Waals surface area contributed by atoms with Gasteiger partial charge in [0, 0.05) is 25.2 Å². The Morgan fingerprint density at radius 1 is 1.25 bits per heavy atom. The van der Waals surface area contributed by atoms with Crippen LogP contribution in [0.1, 0.15) is 11.7 Å². The first-order valence-corrected chi connectivity index (χ1v) is 4.98. The number of pyridine rings is 1. The van der Waals surface area contributed by atoms with Crippen LogP contribution in [-0.2, 0) is 0 Å². The highest BCUT2D eigenvalue weighted by Gasteiger charge is 2.22. The minimum absolute atomic E-state index is 0. The van der Waals surface area contributed by atoms with Gasteiger partial charge in [-0.3, -0.25) is 10.1 Å². The van der Waals surface area contributed by atoms with E-state index in [0.29, 0.717) is 11.7 Å². The number of aromatic amines is 1. The fourth-order valence-corrected chi connectivity index (χ4v) is 1.55. The third kappa shape index (κ3) is 1.91. The van der Waals surface area contributed by atoms with Gasteiger partial charge in [-0.25, -0.2) is 4.98 Å². The van der Waals surface area contributed by atoms with E-state index in [0.717, 1.165) is 24.6 Å². The average Bonchev–Trinajstić information content (AvgIpc) is 2.66. The number of hydrogen-bond donors (Lipinski definition) is 2. The lowest BCUT2D eigenvalue weighted by molar-refractivity contribution is 0.431. The average molecular weight is 238 g/mol. The number of aromatic nitrogens is 4. The summed E-state index contributed by atoms with van der Waals surface area (Å²) < 4.78 is 0. The minimum atomic E-state index is 0. The Balaban J connectivity index is 0.000000963. The molecular weight excluding hydrogens is 226 g/mol. The number of halogens is 1. The van der Waals surface area contributed by atoms with Crippen LogP contribution in [0.3, 0.4) is 0 Å². The third-order valence-electron chi connectivity index (χ3n) is 2.56. The maximum Gasteiger partial charge on any atom is 0.199 e. The van der Waals surface area contributed by atoms with Crippen molar-refractivity contribution in [1.29, 1.82) is 0 Å². The molecule has 1 aliphatic heterocycles. The van der Waals surface area contributed by atoms with Crippen LogP contribution in [0.5, 0.6) is 0 Å². The van der Waals surface area contributed by atoms with Crippen LogP contribution in [0, 0.1) is 0 Å². The highest BCUT2D eigenvalue weighted by atomic mass is 35.5. The highest BCUT2D eigenvalue weighted by Crippen LogP contribution is 2.18. The molecule has 0 saturated carbocycles. The third-order valence-corrected chi connectivity index (χ3v) is 2.56. The van der Waals surface area contributed by atoms with Crippen LogP contribution in [0.25, 0.3) is 11.5 Å². The number of H-pyrrole nitrogens is 1. The second kappa shape index (κ2) is 4.59. The largest absolute Gasteiger partial charge is 0.315 e. The van der Waals surface area contributed by atoms with Gasteiger partial charge in [0.1, 0.15) is 11.5 Å². The molecule has 0 spiro atoms. The SMILES string of the molecule is Cl.c1ccc(-c2n[nH]c(C3CNC3)n2)nc1. The normalized spacial score (nSPS) is 15.2. The van der Waals surface area contributed by atoms with E-state index < -0.39 is 0 Å². The molecule has 0 aromatic carbocycles. The van der Waals surface area contributed by atoms with E-state index >= 15 is 0 Å². The first-order valence-electron chi connectivity index (χ1n) is 4.98. The lowest BCUT2D eigenvalue weighted by Crippen LogP contribution is -2.40. The highest BCUT2D eigenvalue weighted by molar-refractivity contribution is 5.85. The van der Waals surface area contributed by atoms with Crippen molar-refractivity contribution in [3.63, 3.8) is 0 Å². The monoisotopic (exact) mass is 237 g/mol. The van der Waals surface area contributed by atoms with Crippen molar-refractivity contribution in [2.24, 2.45) is 0 Å². The van der Waals surface area contributed by atoms with Gasteiger partial charge < -0.3 is 5.32 Å². The lowest BCUT2D eigenvalue weighted by atomic mass is 10.0. The van der Waals surface area contributed by atoms with Gasteiger partial charge in [-0.15, -0.1) is 12.4 Å². The molecule has 1 fully saturated rings. The first kappa shape index (κ1) is 11.0. The molecule has 1 saturated heterocycles. The molecule has 1 aliphatic rings. The van der Waals surface area contributed by atoms with Crippen molar-refractivity contribution in [3.8, 4) is 11.5 Å². The van der Waals surface area contributed by atoms with Crippen LogP contribution in [0.2, 0.25) is 0 Å². The van der Waals surface area contributed by atoms with E-state index in [4.69, 9.17) is 0 Å². The predicted molar refractivity (Wildman–Crippen MR) is 62.5 cm³/mol. The molecule has 0 aliphatic carbocycles. The Morgan fingerprint density at radius 3 is 2.75 bits per heavy atom. The molecule has 3 heterocycles. The zero-order valence-electron chi connectivity index (χ0n) is 8.55. The van der Waals surface area contributed by atoms with E-state index in [2.05, 4.69) is 25.5 Å². The van der Waals surface area contributed by atoms with Crippen molar-refractivity contribution < 1.29 is 0 Å². The van der Waals surface area contributed by atoms with Gasteiger partial charge in [-0.2, -0.15) is 5.10 Å². The summed E-state index contributed by atoms with van der Waals surface area (Å²) in [4.78, 5) is 8.64. The second-order valence-corrected chi connectivity index (χ2v) is 3.61. The Kier molecular flexibility index (Phi) is 3.17. The second-order valence-electron chi connectivity index (χ2n) is 3.61. The molecule has 5 nitrogen and oxygen atoms in total. The Morgan fingerprint density at radius 2 is 2.12 bits per heavy atom. The summed E-state index contributed by atoms with van der Waals surface area (Å²) in [5.41, 5.74) is 0.812. The molecular formula is C10H12ClN5. The minimum Gasteiger partial charge on any atom is -0.315 e. The molecule has 84 valence electrons. The van der Waals surface area contributed by atoms with Gasteiger partial charge in [0.2, 0.25) is 0 Å². The van der Waals surface area contributed by atoms with Gasteiger partial charge in [-0.1, -0.05) is 6.07 Å². The topological polar surface area (TPSA) is 66.5 Å². The Labute approximate surface area is 99.1 Å². The van der Waals surface area contributed by atoms with Crippen molar-refractivity contribution in [2.45, 2.75) is 5.92 Å². The fourth-order valence-electron chi connectivity index (χ4n) is 1.55. The summed E-state index contributed by atoms with van der Waals surface area (Å²) in [5.74, 6) is 2.11. The van der Waals surface area contributed by atoms with Gasteiger partial charge >= 0.3 is 0 Å². The zero-order valence-corrected chi connectivity index (χ0v) is 9.37. The van der Waals surface area contributed by atoms with Crippen molar-refractivity contribution in [1.82, 2.24) is 25.5 Å². The van der Waals surface area contributed by atoms with Crippen LogP contribution >= 0.6 is 12.4 Å². The van der Waals surface area contributed by atoms with Crippen LogP contribution in [-0.4, -0.2) is 33.3 Å². The number of hydrogen-bond acceptors (Lipinski definition) is 4. The quantitative estimate of drug-likeness (QED) is 0.817. The molecule has 2 N–H and O–H groups in total. The Hall–Kier alpha value is -1.46. The predicted octanol–water partition coefficient (Wildman–Crippen LogP) is 0.975. The molecule has 0 radical (unpaired) electrons. The fraction of sp³-hybridized carbons (Fsp3) is 0.300. The summed E-state index contributed by atoms with van der Waals surface area (Å²) in [5, 5.41) is 10.3. The van der Waals surface area contributed by atoms with Crippen LogP contribution < -0.4 is 5.32 Å². The molecule has 0 amide bonds. The van der Waals surface area contributed by atoms with Crippen LogP contribution in [0.15, 0.2) is 24.4 Å². The number of rotatable bonds is 2. The summed E-state index contributed by atoms with van der Waals surface area (Å²) >= 11 is 0. The van der Waals surface area contributed by atoms with Gasteiger partial charge in [0.05, 0.1) is 0 Å². The van der Waals surface area contributed by atoms with Crippen molar-refractivity contribution in [3.05, 3.63) is 30.2 Å². The maximum atomic E-state index is 4.43. The smallest absolute Gasteiger partial charge is 0.199 e. The molecule has 3 rings (SSSR count). The zero-order chi connectivity index (χ0) is 10.1. The summed E-state index contributed by atoms with van der Waals surface area (Å²) in [6.45, 7) is 1.97. The standard InChI is InChI=1S/C10H11N5.ClH/c1-2-4-12-8(3-1)10-13-9(14-15-10)7-5-11-6-7;/h1-4,7,11H,5-6H2,(H,13,14,15);1H. The molecule has 2 aromatic heterocycles. The van der Waals surface area contributed by atoms with E-state index in [-0.39, 0.29) is 12.4 Å². The molecule has 2 aromatic rings. The number of nitrogens with zero attached hydrogens (tertiary/aromatic N) is 3. The van der Waals surface area contributed by atoms with E-state index in [1.807, 2.05) is 18.2 Å². The van der Waals surface area contributed by atoms with Crippen molar-refractivity contribution in [2.75, 3.05) is 13.1 Å². The maximum absolute atomic E-state index is 4.43. The van der Waals surface area contributed by atoms with E-state index in [9.17, 15) is 0 Å². The van der Waals surface area contributed by atoms with Gasteiger partial charge in [-0.05, 0) is 12.1 Å². The Bertz CT molecular complexity index is 451. The lowest BCUT2D eigenvalue weighted by Gasteiger charge is -2.24. The molecule has 6 heteroatoms. The molecule has 0 atom stereocenters. The van der Waals surface area contributed by atoms with E-state index in [1.54, 1.807) is 6.20 Å². The van der Waals surface area contributed by atoms with Crippen molar-refractivity contribution >= 4 is 12.4 Å². The van der Waals surface area contributed by atoms with E-state index in [1.165, 1.54) is 0 Å². The molecule has 16 heavy (non-hydrogen) atoms. The van der Waals surface area contributed by atoms with Gasteiger partial charge in [0.15, 0.2) is 5.82 Å². The molecule has 0 bridgehead atoms. The molecule has 0 unspecified atom stereocenters. The summed E-state index contributed by atoms with van der Waals surface area (Å²) in [6.07, 6.45) is 1.75. The number of nitrogens with one attached hydrogen (secondary N) is 2. The van der Waals surface area contributed by atoms with Crippen LogP contribution in [0.4, 0.5) is 0 Å². The summed E-state index contributed by atoms with van der Waals surface area (Å²) in [7, 11) is 0. The summed E-state index contributed by atoms with van der Waals surface area (Å²) in [6, 6.07) is 5.72. The van der Waals surface area contributed by atoms with Gasteiger partial charge in [0.25, 0.3) is 0 Å². The first-order chi connectivity index (χ1) is 7.43.